The minimum Gasteiger partial charge on any atom is -0.476 e. The molecule has 0 aliphatic rings. The van der Waals surface area contributed by atoms with E-state index in [-0.39, 0.29) is 34.0 Å². The van der Waals surface area contributed by atoms with E-state index >= 15 is 0 Å². The van der Waals surface area contributed by atoms with Crippen LogP contribution in [0, 0.1) is 17.1 Å². The van der Waals surface area contributed by atoms with Crippen molar-refractivity contribution in [2.45, 2.75) is 0 Å². The normalized spacial score (nSPS) is 9.90. The van der Waals surface area contributed by atoms with Crippen LogP contribution >= 0.6 is 0 Å². The summed E-state index contributed by atoms with van der Waals surface area (Å²) < 4.78 is 13.9. The second-order valence-electron chi connectivity index (χ2n) is 4.01. The maximum Gasteiger partial charge on any atom is 0.355 e. The Bertz CT molecular complexity index is 796. The molecular formula is C14H9FN4O2. The zero-order valence-corrected chi connectivity index (χ0v) is 10.7. The Kier molecular flexibility index (Phi) is 3.63. The van der Waals surface area contributed by atoms with Gasteiger partial charge in [0.15, 0.2) is 11.5 Å². The Balaban J connectivity index is 2.68. The molecule has 0 saturated carbocycles. The van der Waals surface area contributed by atoms with Crippen molar-refractivity contribution in [3.05, 3.63) is 47.4 Å². The lowest BCUT2D eigenvalue weighted by atomic mass is 10.1. The van der Waals surface area contributed by atoms with Crippen LogP contribution in [0.5, 0.6) is 0 Å². The molecule has 0 aliphatic carbocycles. The van der Waals surface area contributed by atoms with Gasteiger partial charge in [-0.2, -0.15) is 5.26 Å². The van der Waals surface area contributed by atoms with Gasteiger partial charge >= 0.3 is 5.97 Å². The molecule has 1 heterocycles. The van der Waals surface area contributed by atoms with Crippen molar-refractivity contribution in [2.75, 3.05) is 5.73 Å². The number of rotatable bonds is 3. The number of hydrogen-bond acceptors (Lipinski definition) is 5. The zero-order valence-electron chi connectivity index (χ0n) is 10.7. The minimum atomic E-state index is -1.32. The molecule has 1 aromatic heterocycles. The summed E-state index contributed by atoms with van der Waals surface area (Å²) in [7, 11) is 0. The van der Waals surface area contributed by atoms with E-state index in [9.17, 15) is 9.18 Å². The van der Waals surface area contributed by atoms with Crippen molar-refractivity contribution in [2.24, 2.45) is 0 Å². The van der Waals surface area contributed by atoms with Crippen LogP contribution in [0.2, 0.25) is 0 Å². The topological polar surface area (TPSA) is 113 Å². The number of aromatic carboxylic acids is 1. The van der Waals surface area contributed by atoms with Gasteiger partial charge in [-0.15, -0.1) is 0 Å². The van der Waals surface area contributed by atoms with Crippen molar-refractivity contribution in [3.8, 4) is 17.5 Å². The number of aromatic nitrogens is 2. The van der Waals surface area contributed by atoms with Gasteiger partial charge in [-0.05, 0) is 18.2 Å². The van der Waals surface area contributed by atoms with E-state index in [1.165, 1.54) is 18.2 Å². The number of carbonyl (C=O) groups is 1. The van der Waals surface area contributed by atoms with Gasteiger partial charge in [0, 0.05) is 5.56 Å². The van der Waals surface area contributed by atoms with Crippen molar-refractivity contribution < 1.29 is 14.3 Å². The van der Waals surface area contributed by atoms with Crippen LogP contribution in [0.4, 0.5) is 10.2 Å². The lowest BCUT2D eigenvalue weighted by Gasteiger charge is -2.08. The van der Waals surface area contributed by atoms with Crippen LogP contribution < -0.4 is 5.73 Å². The average Bonchev–Trinajstić information content (AvgIpc) is 2.46. The molecule has 0 amide bonds. The predicted octanol–water partition coefficient (Wildman–Crippen LogP) is 2.08. The van der Waals surface area contributed by atoms with E-state index in [1.807, 2.05) is 0 Å². The van der Waals surface area contributed by atoms with Gasteiger partial charge in [-0.25, -0.2) is 19.2 Å². The average molecular weight is 284 g/mol. The molecule has 7 heteroatoms. The maximum absolute atomic E-state index is 13.9. The lowest BCUT2D eigenvalue weighted by molar-refractivity contribution is 0.0690. The fourth-order valence-electron chi connectivity index (χ4n) is 1.74. The molecule has 1 aromatic carbocycles. The molecular weight excluding hydrogens is 275 g/mol. The molecule has 2 rings (SSSR count). The lowest BCUT2D eigenvalue weighted by Crippen LogP contribution is -2.10. The first-order valence-electron chi connectivity index (χ1n) is 5.71. The Morgan fingerprint density at radius 2 is 2.19 bits per heavy atom. The summed E-state index contributed by atoms with van der Waals surface area (Å²) in [5.74, 6) is -2.35. The molecule has 0 spiro atoms. The van der Waals surface area contributed by atoms with Gasteiger partial charge in [-0.1, -0.05) is 12.7 Å². The van der Waals surface area contributed by atoms with Gasteiger partial charge < -0.3 is 10.8 Å². The predicted molar refractivity (Wildman–Crippen MR) is 73.6 cm³/mol. The minimum absolute atomic E-state index is 0.0428. The zero-order chi connectivity index (χ0) is 15.6. The number of benzene rings is 1. The monoisotopic (exact) mass is 284 g/mol. The smallest absolute Gasteiger partial charge is 0.355 e. The van der Waals surface area contributed by atoms with Crippen LogP contribution in [0.1, 0.15) is 21.6 Å². The van der Waals surface area contributed by atoms with Crippen LogP contribution in [0.15, 0.2) is 24.8 Å². The molecule has 0 unspecified atom stereocenters. The Labute approximate surface area is 119 Å². The largest absolute Gasteiger partial charge is 0.476 e. The Hall–Kier alpha value is -3.27. The molecule has 104 valence electrons. The Morgan fingerprint density at radius 1 is 1.48 bits per heavy atom. The molecule has 3 N–H and O–H groups in total. The molecule has 0 bridgehead atoms. The second-order valence-corrected chi connectivity index (χ2v) is 4.01. The highest BCUT2D eigenvalue weighted by Gasteiger charge is 2.18. The number of halogens is 1. The Morgan fingerprint density at radius 3 is 2.71 bits per heavy atom. The number of anilines is 1. The summed E-state index contributed by atoms with van der Waals surface area (Å²) in [4.78, 5) is 18.9. The van der Waals surface area contributed by atoms with E-state index in [0.717, 1.165) is 6.07 Å². The third kappa shape index (κ3) is 2.55. The van der Waals surface area contributed by atoms with Gasteiger partial charge in [-0.3, -0.25) is 0 Å². The maximum atomic E-state index is 13.9. The molecule has 21 heavy (non-hydrogen) atoms. The number of hydrogen-bond donors (Lipinski definition) is 2. The summed E-state index contributed by atoms with van der Waals surface area (Å²) >= 11 is 0. The van der Waals surface area contributed by atoms with Gasteiger partial charge in [0.05, 0.1) is 17.2 Å². The number of nitrogens with two attached hydrogens (primary N) is 1. The van der Waals surface area contributed by atoms with Crippen molar-refractivity contribution >= 4 is 17.9 Å². The van der Waals surface area contributed by atoms with Crippen LogP contribution in [-0.4, -0.2) is 21.0 Å². The number of nitrogen functional groups attached to an aromatic ring is 1. The second kappa shape index (κ2) is 5.38. The summed E-state index contributed by atoms with van der Waals surface area (Å²) in [6.07, 6.45) is 1.22. The van der Waals surface area contributed by atoms with E-state index in [1.54, 1.807) is 6.07 Å². The molecule has 0 aliphatic heterocycles. The van der Waals surface area contributed by atoms with E-state index < -0.39 is 11.8 Å². The molecule has 2 aromatic rings. The highest BCUT2D eigenvalue weighted by molar-refractivity contribution is 5.92. The number of carboxylic acids is 1. The molecule has 0 atom stereocenters. The first kappa shape index (κ1) is 14.1. The van der Waals surface area contributed by atoms with Crippen molar-refractivity contribution in [1.82, 2.24) is 9.97 Å². The highest BCUT2D eigenvalue weighted by Crippen LogP contribution is 2.24. The van der Waals surface area contributed by atoms with Crippen molar-refractivity contribution in [3.63, 3.8) is 0 Å². The van der Waals surface area contributed by atoms with Crippen LogP contribution in [-0.2, 0) is 0 Å². The van der Waals surface area contributed by atoms with E-state index in [2.05, 4.69) is 16.5 Å². The molecule has 6 nitrogen and oxygen atoms in total. The number of nitriles is 1. The molecule has 0 saturated heterocycles. The number of nitrogens with zero attached hydrogens (tertiary/aromatic N) is 3. The quantitative estimate of drug-likeness (QED) is 0.892. The summed E-state index contributed by atoms with van der Waals surface area (Å²) in [5, 5.41) is 17.8. The third-order valence-electron chi connectivity index (χ3n) is 2.72. The van der Waals surface area contributed by atoms with Gasteiger partial charge in [0.1, 0.15) is 11.6 Å². The third-order valence-corrected chi connectivity index (χ3v) is 2.72. The standard InChI is InChI=1S/C14H9FN4O2/c1-2-8-11(14(20)21)18-13(19-12(8)17)9-4-3-7(6-16)5-10(9)15/h2-5H,1H2,(H,20,21)(H2,17,18,19). The highest BCUT2D eigenvalue weighted by atomic mass is 19.1. The SMILES string of the molecule is C=Cc1c(N)nc(-c2ccc(C#N)cc2F)nc1C(=O)O. The summed E-state index contributed by atoms with van der Waals surface area (Å²) in [6.45, 7) is 3.44. The van der Waals surface area contributed by atoms with Crippen molar-refractivity contribution in [1.29, 1.82) is 5.26 Å². The summed E-state index contributed by atoms with van der Waals surface area (Å²) in [5.41, 5.74) is 5.45. The fourth-order valence-corrected chi connectivity index (χ4v) is 1.74. The van der Waals surface area contributed by atoms with Crippen LogP contribution in [0.3, 0.4) is 0 Å². The number of carboxylic acid groups (broad SMARTS) is 1. The van der Waals surface area contributed by atoms with Gasteiger partial charge in [0.2, 0.25) is 0 Å². The first-order valence-corrected chi connectivity index (χ1v) is 5.71. The van der Waals surface area contributed by atoms with Gasteiger partial charge in [0.25, 0.3) is 0 Å². The summed E-state index contributed by atoms with van der Waals surface area (Å²) in [6, 6.07) is 5.47. The molecule has 0 radical (unpaired) electrons. The van der Waals surface area contributed by atoms with Crippen LogP contribution in [0.25, 0.3) is 17.5 Å². The first-order chi connectivity index (χ1) is 9.97. The fraction of sp³-hybridized carbons (Fsp3) is 0. The van der Waals surface area contributed by atoms with E-state index in [4.69, 9.17) is 16.1 Å². The van der Waals surface area contributed by atoms with E-state index in [0.29, 0.717) is 0 Å². The molecule has 0 fully saturated rings.